The molecule has 4 rings (SSSR count). The maximum Gasteiger partial charge on any atom is 0.267 e. The highest BCUT2D eigenvalue weighted by Crippen LogP contribution is 2.31. The standard InChI is InChI=1S/C17H19N3O5/c1-2-15-18-16(25-19-15)10-22-11-7-20(8-11)17(21)14-9-23-12-5-3-4-6-13(12)24-14/h3-6,11,14H,2,7-10H2,1H3. The molecule has 0 aliphatic carbocycles. The summed E-state index contributed by atoms with van der Waals surface area (Å²) < 4.78 is 22.1. The van der Waals surface area contributed by atoms with E-state index in [9.17, 15) is 4.79 Å². The largest absolute Gasteiger partial charge is 0.485 e. The van der Waals surface area contributed by atoms with Gasteiger partial charge in [-0.2, -0.15) is 4.98 Å². The molecule has 1 saturated heterocycles. The molecule has 3 heterocycles. The summed E-state index contributed by atoms with van der Waals surface area (Å²) >= 11 is 0. The van der Waals surface area contributed by atoms with Crippen LogP contribution in [0.15, 0.2) is 28.8 Å². The minimum atomic E-state index is -0.612. The Bertz CT molecular complexity index is 756. The second kappa shape index (κ2) is 6.72. The van der Waals surface area contributed by atoms with Gasteiger partial charge in [0.25, 0.3) is 11.8 Å². The van der Waals surface area contributed by atoms with Gasteiger partial charge in [0.2, 0.25) is 6.10 Å². The van der Waals surface area contributed by atoms with Crippen molar-refractivity contribution in [3.63, 3.8) is 0 Å². The van der Waals surface area contributed by atoms with Crippen molar-refractivity contribution in [3.8, 4) is 11.5 Å². The van der Waals surface area contributed by atoms with Crippen LogP contribution in [0.4, 0.5) is 0 Å². The number of rotatable bonds is 5. The second-order valence-electron chi connectivity index (χ2n) is 6.00. The van der Waals surface area contributed by atoms with Crippen molar-refractivity contribution < 1.29 is 23.5 Å². The molecule has 1 unspecified atom stereocenters. The third-order valence-electron chi connectivity index (χ3n) is 4.21. The lowest BCUT2D eigenvalue weighted by Crippen LogP contribution is -2.59. The van der Waals surface area contributed by atoms with E-state index in [0.29, 0.717) is 36.3 Å². The molecule has 1 atom stereocenters. The first-order chi connectivity index (χ1) is 12.2. The summed E-state index contributed by atoms with van der Waals surface area (Å²) in [5, 5.41) is 3.82. The SMILES string of the molecule is CCc1noc(COC2CN(C(=O)C3COc4ccccc4O3)C2)n1. The van der Waals surface area contributed by atoms with E-state index in [1.54, 1.807) is 11.0 Å². The molecule has 0 saturated carbocycles. The topological polar surface area (TPSA) is 86.9 Å². The average Bonchev–Trinajstić information content (AvgIpc) is 3.08. The number of nitrogens with zero attached hydrogens (tertiary/aromatic N) is 3. The Morgan fingerprint density at radius 2 is 2.12 bits per heavy atom. The Labute approximate surface area is 144 Å². The number of benzene rings is 1. The van der Waals surface area contributed by atoms with E-state index >= 15 is 0 Å². The number of hydrogen-bond donors (Lipinski definition) is 0. The first-order valence-corrected chi connectivity index (χ1v) is 8.33. The number of amides is 1. The zero-order chi connectivity index (χ0) is 17.2. The van der Waals surface area contributed by atoms with Crippen molar-refractivity contribution in [1.29, 1.82) is 0 Å². The van der Waals surface area contributed by atoms with Crippen molar-refractivity contribution >= 4 is 5.91 Å². The summed E-state index contributed by atoms with van der Waals surface area (Å²) in [4.78, 5) is 18.4. The predicted octanol–water partition coefficient (Wildman–Crippen LogP) is 1.20. The highest BCUT2D eigenvalue weighted by Gasteiger charge is 2.38. The molecule has 1 fully saturated rings. The van der Waals surface area contributed by atoms with Crippen LogP contribution >= 0.6 is 0 Å². The monoisotopic (exact) mass is 345 g/mol. The smallest absolute Gasteiger partial charge is 0.267 e. The fraction of sp³-hybridized carbons (Fsp3) is 0.471. The molecule has 8 heteroatoms. The highest BCUT2D eigenvalue weighted by atomic mass is 16.6. The molecule has 2 aliphatic heterocycles. The quantitative estimate of drug-likeness (QED) is 0.804. The van der Waals surface area contributed by atoms with Crippen molar-refractivity contribution in [2.75, 3.05) is 19.7 Å². The molecule has 1 aromatic heterocycles. The fourth-order valence-electron chi connectivity index (χ4n) is 2.75. The Morgan fingerprint density at radius 3 is 2.88 bits per heavy atom. The Hall–Kier alpha value is -2.61. The summed E-state index contributed by atoms with van der Waals surface area (Å²) in [7, 11) is 0. The molecule has 25 heavy (non-hydrogen) atoms. The maximum atomic E-state index is 12.5. The van der Waals surface area contributed by atoms with Crippen LogP contribution in [0.3, 0.4) is 0 Å². The van der Waals surface area contributed by atoms with Crippen LogP contribution in [-0.2, 0) is 22.6 Å². The molecule has 1 aromatic carbocycles. The zero-order valence-electron chi connectivity index (χ0n) is 13.9. The summed E-state index contributed by atoms with van der Waals surface area (Å²) in [5.41, 5.74) is 0. The van der Waals surface area contributed by atoms with E-state index < -0.39 is 6.10 Å². The van der Waals surface area contributed by atoms with Crippen molar-refractivity contribution in [2.24, 2.45) is 0 Å². The van der Waals surface area contributed by atoms with Crippen LogP contribution in [0.25, 0.3) is 0 Å². The third-order valence-corrected chi connectivity index (χ3v) is 4.21. The minimum absolute atomic E-state index is 0.0299. The van der Waals surface area contributed by atoms with Gasteiger partial charge in [0.1, 0.15) is 13.2 Å². The van der Waals surface area contributed by atoms with Crippen molar-refractivity contribution in [3.05, 3.63) is 36.0 Å². The summed E-state index contributed by atoms with van der Waals surface area (Å²) in [6, 6.07) is 7.34. The van der Waals surface area contributed by atoms with Gasteiger partial charge >= 0.3 is 0 Å². The fourth-order valence-corrected chi connectivity index (χ4v) is 2.75. The molecule has 8 nitrogen and oxygen atoms in total. The Balaban J connectivity index is 1.24. The van der Waals surface area contributed by atoms with Gasteiger partial charge in [-0.3, -0.25) is 4.79 Å². The number of likely N-dealkylation sites (tertiary alicyclic amines) is 1. The van der Waals surface area contributed by atoms with Crippen LogP contribution in [-0.4, -0.2) is 52.9 Å². The first-order valence-electron chi connectivity index (χ1n) is 8.33. The van der Waals surface area contributed by atoms with Gasteiger partial charge in [-0.25, -0.2) is 0 Å². The highest BCUT2D eigenvalue weighted by molar-refractivity contribution is 5.82. The lowest BCUT2D eigenvalue weighted by atomic mass is 10.1. The van der Waals surface area contributed by atoms with Gasteiger partial charge in [0.05, 0.1) is 6.10 Å². The molecule has 0 bridgehead atoms. The van der Waals surface area contributed by atoms with E-state index in [-0.39, 0.29) is 25.2 Å². The Morgan fingerprint density at radius 1 is 1.32 bits per heavy atom. The first kappa shape index (κ1) is 15.9. The molecule has 0 N–H and O–H groups in total. The lowest BCUT2D eigenvalue weighted by Gasteiger charge is -2.40. The van der Waals surface area contributed by atoms with E-state index in [2.05, 4.69) is 10.1 Å². The predicted molar refractivity (Wildman–Crippen MR) is 85.2 cm³/mol. The molecule has 132 valence electrons. The van der Waals surface area contributed by atoms with Crippen LogP contribution in [0.2, 0.25) is 0 Å². The number of carbonyl (C=O) groups is 1. The maximum absolute atomic E-state index is 12.5. The van der Waals surface area contributed by atoms with Gasteiger partial charge in [-0.1, -0.05) is 24.2 Å². The van der Waals surface area contributed by atoms with E-state index in [4.69, 9.17) is 18.7 Å². The van der Waals surface area contributed by atoms with Crippen LogP contribution in [0.5, 0.6) is 11.5 Å². The van der Waals surface area contributed by atoms with Crippen LogP contribution < -0.4 is 9.47 Å². The molecule has 0 radical (unpaired) electrons. The van der Waals surface area contributed by atoms with Crippen LogP contribution in [0.1, 0.15) is 18.6 Å². The summed E-state index contributed by atoms with van der Waals surface area (Å²) in [5.74, 6) is 2.31. The zero-order valence-corrected chi connectivity index (χ0v) is 13.9. The van der Waals surface area contributed by atoms with Gasteiger partial charge in [0.15, 0.2) is 17.3 Å². The van der Waals surface area contributed by atoms with Crippen LogP contribution in [0, 0.1) is 0 Å². The lowest BCUT2D eigenvalue weighted by molar-refractivity contribution is -0.156. The molecular formula is C17H19N3O5. The van der Waals surface area contributed by atoms with E-state index in [0.717, 1.165) is 6.42 Å². The number of aromatic nitrogens is 2. The van der Waals surface area contributed by atoms with E-state index in [1.807, 2.05) is 25.1 Å². The second-order valence-corrected chi connectivity index (χ2v) is 6.00. The number of aryl methyl sites for hydroxylation is 1. The summed E-state index contributed by atoms with van der Waals surface area (Å²) in [6.07, 6.45) is 0.0820. The molecule has 0 spiro atoms. The van der Waals surface area contributed by atoms with Gasteiger partial charge < -0.3 is 23.6 Å². The minimum Gasteiger partial charge on any atom is -0.485 e. The number of hydrogen-bond acceptors (Lipinski definition) is 7. The van der Waals surface area contributed by atoms with Crippen molar-refractivity contribution in [2.45, 2.75) is 32.2 Å². The van der Waals surface area contributed by atoms with Gasteiger partial charge in [-0.15, -0.1) is 0 Å². The summed E-state index contributed by atoms with van der Waals surface area (Å²) in [6.45, 7) is 3.49. The Kier molecular flexibility index (Phi) is 4.27. The van der Waals surface area contributed by atoms with E-state index in [1.165, 1.54) is 0 Å². The molecule has 1 amide bonds. The molecule has 2 aromatic rings. The normalized spacial score (nSPS) is 19.6. The average molecular weight is 345 g/mol. The van der Waals surface area contributed by atoms with Gasteiger partial charge in [0, 0.05) is 19.5 Å². The molecule has 2 aliphatic rings. The number of fused-ring (bicyclic) bond motifs is 1. The molecular weight excluding hydrogens is 326 g/mol. The number of carbonyl (C=O) groups excluding carboxylic acids is 1. The number of para-hydroxylation sites is 2. The number of ether oxygens (including phenoxy) is 3. The van der Waals surface area contributed by atoms with Gasteiger partial charge in [-0.05, 0) is 12.1 Å². The van der Waals surface area contributed by atoms with Crippen molar-refractivity contribution in [1.82, 2.24) is 15.0 Å². The third kappa shape index (κ3) is 3.30.